The Bertz CT molecular complexity index is 876. The zero-order valence-electron chi connectivity index (χ0n) is 14.8. The van der Waals surface area contributed by atoms with Gasteiger partial charge in [-0.2, -0.15) is 0 Å². The molecule has 1 amide bonds. The van der Waals surface area contributed by atoms with Crippen LogP contribution in [0.15, 0.2) is 47.3 Å². The van der Waals surface area contributed by atoms with Crippen molar-refractivity contribution in [1.82, 2.24) is 9.47 Å². The van der Waals surface area contributed by atoms with Crippen LogP contribution in [0.3, 0.4) is 0 Å². The van der Waals surface area contributed by atoms with E-state index in [9.17, 15) is 9.59 Å². The van der Waals surface area contributed by atoms with Crippen LogP contribution in [0.2, 0.25) is 0 Å². The molecule has 0 unspecified atom stereocenters. The number of carbonyl (C=O) groups excluding carboxylic acids is 1. The second-order valence-corrected chi connectivity index (χ2v) is 6.94. The van der Waals surface area contributed by atoms with E-state index in [1.165, 1.54) is 0 Å². The number of hydrogen-bond acceptors (Lipinski definition) is 4. The van der Waals surface area contributed by atoms with Crippen LogP contribution in [0.25, 0.3) is 0 Å². The van der Waals surface area contributed by atoms with Crippen molar-refractivity contribution in [2.24, 2.45) is 5.92 Å². The maximum Gasteiger partial charge on any atom is 0.260 e. The van der Waals surface area contributed by atoms with E-state index in [2.05, 4.69) is 0 Å². The van der Waals surface area contributed by atoms with Crippen LogP contribution in [0.1, 0.15) is 18.0 Å². The summed E-state index contributed by atoms with van der Waals surface area (Å²) in [6.07, 6.45) is 1.03. The van der Waals surface area contributed by atoms with Gasteiger partial charge in [-0.1, -0.05) is 18.2 Å². The molecule has 1 fully saturated rings. The number of rotatable bonds is 4. The first-order valence-electron chi connectivity index (χ1n) is 8.89. The molecule has 0 saturated carbocycles. The molecule has 0 aliphatic carbocycles. The van der Waals surface area contributed by atoms with Gasteiger partial charge in [0.05, 0.1) is 7.11 Å². The van der Waals surface area contributed by atoms with Crippen molar-refractivity contribution >= 4 is 5.91 Å². The number of aromatic nitrogens is 1. The molecular weight excluding hydrogens is 332 g/mol. The highest BCUT2D eigenvalue weighted by Gasteiger charge is 2.36. The fourth-order valence-corrected chi connectivity index (χ4v) is 4.07. The van der Waals surface area contributed by atoms with E-state index in [1.807, 2.05) is 27.7 Å². The molecule has 6 heteroatoms. The molecule has 2 aliphatic rings. The minimum atomic E-state index is -0.0302. The van der Waals surface area contributed by atoms with E-state index in [1.54, 1.807) is 31.4 Å². The number of carbonyl (C=O) groups is 1. The molecule has 2 bridgehead atoms. The molecule has 2 atom stereocenters. The molecule has 136 valence electrons. The minimum Gasteiger partial charge on any atom is -0.493 e. The van der Waals surface area contributed by atoms with Gasteiger partial charge in [-0.05, 0) is 30.5 Å². The summed E-state index contributed by atoms with van der Waals surface area (Å²) in [5, 5.41) is 0. The molecule has 0 N–H and O–H groups in total. The van der Waals surface area contributed by atoms with Gasteiger partial charge in [-0.15, -0.1) is 0 Å². The third kappa shape index (κ3) is 3.07. The summed E-state index contributed by atoms with van der Waals surface area (Å²) >= 11 is 0. The predicted molar refractivity (Wildman–Crippen MR) is 96.6 cm³/mol. The highest BCUT2D eigenvalue weighted by atomic mass is 16.5. The molecule has 2 aromatic rings. The van der Waals surface area contributed by atoms with Crippen LogP contribution >= 0.6 is 0 Å². The average Bonchev–Trinajstić information content (AvgIpc) is 2.67. The van der Waals surface area contributed by atoms with Gasteiger partial charge >= 0.3 is 0 Å². The van der Waals surface area contributed by atoms with Gasteiger partial charge in [-0.25, -0.2) is 0 Å². The Kier molecular flexibility index (Phi) is 4.41. The summed E-state index contributed by atoms with van der Waals surface area (Å²) in [6, 6.07) is 12.7. The van der Waals surface area contributed by atoms with Crippen LogP contribution in [-0.4, -0.2) is 42.2 Å². The van der Waals surface area contributed by atoms with Crippen LogP contribution < -0.4 is 15.0 Å². The van der Waals surface area contributed by atoms with Crippen molar-refractivity contribution in [3.63, 3.8) is 0 Å². The summed E-state index contributed by atoms with van der Waals surface area (Å²) < 4.78 is 12.8. The molecule has 1 aromatic heterocycles. The number of benzene rings is 1. The minimum absolute atomic E-state index is 0.0125. The Labute approximate surface area is 152 Å². The van der Waals surface area contributed by atoms with E-state index in [-0.39, 0.29) is 24.0 Å². The molecule has 0 radical (unpaired) electrons. The van der Waals surface area contributed by atoms with Crippen LogP contribution in [0, 0.1) is 5.92 Å². The monoisotopic (exact) mass is 354 g/mol. The van der Waals surface area contributed by atoms with E-state index in [0.717, 1.165) is 12.1 Å². The fraction of sp³-hybridized carbons (Fsp3) is 0.400. The van der Waals surface area contributed by atoms with E-state index in [4.69, 9.17) is 9.47 Å². The molecule has 2 aliphatic heterocycles. The summed E-state index contributed by atoms with van der Waals surface area (Å²) in [4.78, 5) is 26.6. The quantitative estimate of drug-likeness (QED) is 0.841. The molecule has 1 aromatic carbocycles. The van der Waals surface area contributed by atoms with Crippen molar-refractivity contribution < 1.29 is 14.3 Å². The lowest BCUT2D eigenvalue weighted by Gasteiger charge is -2.42. The average molecular weight is 354 g/mol. The summed E-state index contributed by atoms with van der Waals surface area (Å²) in [5.74, 6) is 1.68. The highest BCUT2D eigenvalue weighted by molar-refractivity contribution is 5.78. The first-order valence-corrected chi connectivity index (χ1v) is 8.89. The van der Waals surface area contributed by atoms with Gasteiger partial charge in [0.15, 0.2) is 18.1 Å². The lowest BCUT2D eigenvalue weighted by Crippen LogP contribution is -2.50. The molecule has 6 nitrogen and oxygen atoms in total. The summed E-state index contributed by atoms with van der Waals surface area (Å²) in [6.45, 7) is 1.98. The second-order valence-electron chi connectivity index (χ2n) is 6.94. The summed E-state index contributed by atoms with van der Waals surface area (Å²) in [7, 11) is 1.58. The van der Waals surface area contributed by atoms with Gasteiger partial charge < -0.3 is 18.9 Å². The van der Waals surface area contributed by atoms with Gasteiger partial charge in [0.25, 0.3) is 11.5 Å². The predicted octanol–water partition coefficient (Wildman–Crippen LogP) is 1.88. The first kappa shape index (κ1) is 16.7. The Balaban J connectivity index is 1.45. The maximum absolute atomic E-state index is 12.7. The number of piperidine rings is 1. The fourth-order valence-electron chi connectivity index (χ4n) is 4.07. The van der Waals surface area contributed by atoms with Gasteiger partial charge in [-0.3, -0.25) is 9.59 Å². The number of para-hydroxylation sites is 2. The SMILES string of the molecule is COc1ccccc1OCC(=O)N1C[C@H]2C[C@H](C1)c1cccc(=O)n1C2. The van der Waals surface area contributed by atoms with Crippen molar-refractivity contribution in [3.05, 3.63) is 58.5 Å². The number of pyridine rings is 1. The van der Waals surface area contributed by atoms with E-state index in [0.29, 0.717) is 37.1 Å². The standard InChI is InChI=1S/C20H22N2O4/c1-25-17-6-2-3-7-18(17)26-13-20(24)21-10-14-9-15(12-21)16-5-4-8-19(23)22(16)11-14/h2-8,14-15H,9-13H2,1H3/t14-,15-/m1/s1. The zero-order chi connectivity index (χ0) is 18.1. The Morgan fingerprint density at radius 2 is 1.88 bits per heavy atom. The molecule has 3 heterocycles. The number of likely N-dealkylation sites (tertiary alicyclic amines) is 1. The molecular formula is C20H22N2O4. The van der Waals surface area contributed by atoms with Crippen LogP contribution in [0.4, 0.5) is 0 Å². The second kappa shape index (κ2) is 6.86. The highest BCUT2D eigenvalue weighted by Crippen LogP contribution is 2.35. The smallest absolute Gasteiger partial charge is 0.260 e. The van der Waals surface area contributed by atoms with Crippen LogP contribution in [-0.2, 0) is 11.3 Å². The van der Waals surface area contributed by atoms with Crippen molar-refractivity contribution in [2.45, 2.75) is 18.9 Å². The van der Waals surface area contributed by atoms with Gasteiger partial charge in [0.2, 0.25) is 0 Å². The van der Waals surface area contributed by atoms with Crippen molar-refractivity contribution in [3.8, 4) is 11.5 Å². The lowest BCUT2D eigenvalue weighted by atomic mass is 9.83. The number of amides is 1. The summed E-state index contributed by atoms with van der Waals surface area (Å²) in [5.41, 5.74) is 1.09. The molecule has 26 heavy (non-hydrogen) atoms. The van der Waals surface area contributed by atoms with E-state index < -0.39 is 0 Å². The maximum atomic E-state index is 12.7. The topological polar surface area (TPSA) is 60.8 Å². The van der Waals surface area contributed by atoms with Gasteiger partial charge in [0, 0.05) is 37.3 Å². The number of methoxy groups -OCH3 is 1. The Morgan fingerprint density at radius 1 is 1.08 bits per heavy atom. The third-order valence-corrected chi connectivity index (χ3v) is 5.25. The zero-order valence-corrected chi connectivity index (χ0v) is 14.8. The van der Waals surface area contributed by atoms with E-state index >= 15 is 0 Å². The Morgan fingerprint density at radius 3 is 2.69 bits per heavy atom. The first-order chi connectivity index (χ1) is 12.7. The molecule has 4 rings (SSSR count). The largest absolute Gasteiger partial charge is 0.493 e. The normalized spacial score (nSPS) is 21.0. The third-order valence-electron chi connectivity index (χ3n) is 5.25. The van der Waals surface area contributed by atoms with Gasteiger partial charge in [0.1, 0.15) is 0 Å². The van der Waals surface area contributed by atoms with Crippen LogP contribution in [0.5, 0.6) is 11.5 Å². The number of hydrogen-bond donors (Lipinski definition) is 0. The molecule has 0 spiro atoms. The lowest BCUT2D eigenvalue weighted by molar-refractivity contribution is -0.136. The number of ether oxygens (including phenoxy) is 2. The number of fused-ring (bicyclic) bond motifs is 4. The van der Waals surface area contributed by atoms with Crippen molar-refractivity contribution in [1.29, 1.82) is 0 Å². The molecule has 1 saturated heterocycles. The Hall–Kier alpha value is -2.76. The number of nitrogens with zero attached hydrogens (tertiary/aromatic N) is 2. The van der Waals surface area contributed by atoms with Crippen molar-refractivity contribution in [2.75, 3.05) is 26.8 Å².